The first-order chi connectivity index (χ1) is 7.74. The molecule has 1 aromatic rings. The van der Waals surface area contributed by atoms with Crippen molar-refractivity contribution in [2.24, 2.45) is 0 Å². The lowest BCUT2D eigenvalue weighted by atomic mass is 9.84. The Balaban J connectivity index is 1.77. The molecule has 0 aromatic heterocycles. The zero-order chi connectivity index (χ0) is 11.4. The smallest absolute Gasteiger partial charge is 0.123 e. The van der Waals surface area contributed by atoms with Crippen molar-refractivity contribution in [1.82, 2.24) is 5.32 Å². The first kappa shape index (κ1) is 11.9. The quantitative estimate of drug-likeness (QED) is 0.847. The third kappa shape index (κ3) is 2.77. The van der Waals surface area contributed by atoms with Gasteiger partial charge >= 0.3 is 0 Å². The minimum Gasteiger partial charge on any atom is -0.311 e. The summed E-state index contributed by atoms with van der Waals surface area (Å²) < 4.78 is 13.2. The van der Waals surface area contributed by atoms with Gasteiger partial charge in [0.05, 0.1) is 0 Å². The van der Waals surface area contributed by atoms with Crippen LogP contribution in [0.5, 0.6) is 0 Å². The molecule has 88 valence electrons. The first-order valence-corrected chi connectivity index (χ1v) is 6.97. The SMILES string of the molecule is CSC1(CNCc2ccc(F)cc2)CCC1. The standard InChI is InChI=1S/C13H18FNS/c1-16-13(7-2-8-13)10-15-9-11-3-5-12(14)6-4-11/h3-6,15H,2,7-10H2,1H3. The van der Waals surface area contributed by atoms with Crippen LogP contribution in [0.25, 0.3) is 0 Å². The Morgan fingerprint density at radius 1 is 1.31 bits per heavy atom. The molecule has 0 saturated heterocycles. The molecule has 1 nitrogen and oxygen atoms in total. The van der Waals surface area contributed by atoms with Crippen molar-refractivity contribution in [1.29, 1.82) is 0 Å². The molecule has 0 atom stereocenters. The van der Waals surface area contributed by atoms with E-state index in [1.54, 1.807) is 0 Å². The normalized spacial score (nSPS) is 18.1. The molecule has 0 spiro atoms. The highest BCUT2D eigenvalue weighted by atomic mass is 32.2. The van der Waals surface area contributed by atoms with E-state index in [4.69, 9.17) is 0 Å². The highest BCUT2D eigenvalue weighted by molar-refractivity contribution is 8.00. The number of halogens is 1. The molecule has 1 saturated carbocycles. The van der Waals surface area contributed by atoms with Crippen molar-refractivity contribution in [2.75, 3.05) is 12.8 Å². The van der Waals surface area contributed by atoms with Crippen LogP contribution in [0.2, 0.25) is 0 Å². The van der Waals surface area contributed by atoms with Crippen molar-refractivity contribution in [3.05, 3.63) is 35.6 Å². The van der Waals surface area contributed by atoms with Crippen LogP contribution in [0.1, 0.15) is 24.8 Å². The van der Waals surface area contributed by atoms with Crippen LogP contribution >= 0.6 is 11.8 Å². The summed E-state index contributed by atoms with van der Waals surface area (Å²) in [7, 11) is 0. The highest BCUT2D eigenvalue weighted by Gasteiger charge is 2.35. The van der Waals surface area contributed by atoms with E-state index in [1.165, 1.54) is 31.4 Å². The van der Waals surface area contributed by atoms with E-state index in [2.05, 4.69) is 11.6 Å². The number of hydrogen-bond donors (Lipinski definition) is 1. The molecule has 1 aliphatic carbocycles. The summed E-state index contributed by atoms with van der Waals surface area (Å²) >= 11 is 1.97. The van der Waals surface area contributed by atoms with E-state index in [0.717, 1.165) is 18.7 Å². The Morgan fingerprint density at radius 3 is 2.50 bits per heavy atom. The predicted octanol–water partition coefficient (Wildman–Crippen LogP) is 3.20. The van der Waals surface area contributed by atoms with Crippen LogP contribution in [-0.4, -0.2) is 17.5 Å². The lowest BCUT2D eigenvalue weighted by Gasteiger charge is -2.40. The molecule has 1 aromatic carbocycles. The maximum atomic E-state index is 12.7. The Morgan fingerprint density at radius 2 is 2.00 bits per heavy atom. The summed E-state index contributed by atoms with van der Waals surface area (Å²) in [6.07, 6.45) is 6.20. The third-order valence-corrected chi connectivity index (χ3v) is 4.81. The lowest BCUT2D eigenvalue weighted by molar-refractivity contribution is 0.345. The van der Waals surface area contributed by atoms with E-state index < -0.39 is 0 Å². The van der Waals surface area contributed by atoms with Crippen molar-refractivity contribution in [3.63, 3.8) is 0 Å². The average Bonchev–Trinajstić information content (AvgIpc) is 2.25. The lowest BCUT2D eigenvalue weighted by Crippen LogP contribution is -2.43. The number of thioether (sulfide) groups is 1. The van der Waals surface area contributed by atoms with Gasteiger partial charge in [-0.15, -0.1) is 0 Å². The van der Waals surface area contributed by atoms with Gasteiger partial charge in [-0.05, 0) is 36.8 Å². The topological polar surface area (TPSA) is 12.0 Å². The monoisotopic (exact) mass is 239 g/mol. The highest BCUT2D eigenvalue weighted by Crippen LogP contribution is 2.42. The molecule has 0 radical (unpaired) electrons. The number of nitrogens with one attached hydrogen (secondary N) is 1. The van der Waals surface area contributed by atoms with Gasteiger partial charge in [0.15, 0.2) is 0 Å². The van der Waals surface area contributed by atoms with Gasteiger partial charge in [0.1, 0.15) is 5.82 Å². The van der Waals surface area contributed by atoms with Gasteiger partial charge in [0.2, 0.25) is 0 Å². The number of benzene rings is 1. The van der Waals surface area contributed by atoms with Crippen LogP contribution in [0, 0.1) is 5.82 Å². The Kier molecular flexibility index (Phi) is 3.87. The molecule has 16 heavy (non-hydrogen) atoms. The van der Waals surface area contributed by atoms with E-state index in [0.29, 0.717) is 4.75 Å². The second-order valence-corrected chi connectivity index (χ2v) is 5.74. The fourth-order valence-corrected chi connectivity index (χ4v) is 3.00. The molecule has 2 rings (SSSR count). The first-order valence-electron chi connectivity index (χ1n) is 5.74. The largest absolute Gasteiger partial charge is 0.311 e. The molecule has 1 N–H and O–H groups in total. The maximum Gasteiger partial charge on any atom is 0.123 e. The molecule has 1 fully saturated rings. The molecule has 0 bridgehead atoms. The zero-order valence-electron chi connectivity index (χ0n) is 9.63. The predicted molar refractivity (Wildman–Crippen MR) is 68.2 cm³/mol. The molecule has 0 amide bonds. The molecule has 0 heterocycles. The van der Waals surface area contributed by atoms with Gasteiger partial charge in [-0.1, -0.05) is 18.6 Å². The van der Waals surface area contributed by atoms with Crippen LogP contribution in [-0.2, 0) is 6.54 Å². The van der Waals surface area contributed by atoms with Crippen LogP contribution in [0.15, 0.2) is 24.3 Å². The Labute approximate surface area is 101 Å². The molecule has 1 aliphatic rings. The second kappa shape index (κ2) is 5.19. The third-order valence-electron chi connectivity index (χ3n) is 3.39. The minimum atomic E-state index is -0.164. The van der Waals surface area contributed by atoms with Gasteiger partial charge in [0, 0.05) is 17.8 Å². The van der Waals surface area contributed by atoms with Crippen molar-refractivity contribution in [3.8, 4) is 0 Å². The summed E-state index contributed by atoms with van der Waals surface area (Å²) in [6.45, 7) is 1.90. The summed E-state index contributed by atoms with van der Waals surface area (Å²) in [5.41, 5.74) is 1.15. The zero-order valence-corrected chi connectivity index (χ0v) is 10.4. The fourth-order valence-electron chi connectivity index (χ4n) is 2.06. The van der Waals surface area contributed by atoms with Gasteiger partial charge in [-0.2, -0.15) is 11.8 Å². The van der Waals surface area contributed by atoms with Gasteiger partial charge in [0.25, 0.3) is 0 Å². The summed E-state index contributed by atoms with van der Waals surface area (Å²) in [6, 6.07) is 6.72. The molecule has 3 heteroatoms. The van der Waals surface area contributed by atoms with Crippen molar-refractivity contribution < 1.29 is 4.39 Å². The Bertz CT molecular complexity index is 327. The fraction of sp³-hybridized carbons (Fsp3) is 0.538. The second-order valence-electron chi connectivity index (χ2n) is 4.47. The summed E-state index contributed by atoms with van der Waals surface area (Å²) in [4.78, 5) is 0. The Hall–Kier alpha value is -0.540. The van der Waals surface area contributed by atoms with Gasteiger partial charge < -0.3 is 5.32 Å². The van der Waals surface area contributed by atoms with Crippen LogP contribution < -0.4 is 5.32 Å². The van der Waals surface area contributed by atoms with Crippen LogP contribution in [0.4, 0.5) is 4.39 Å². The minimum absolute atomic E-state index is 0.164. The molecule has 0 aliphatic heterocycles. The van der Waals surface area contributed by atoms with E-state index in [1.807, 2.05) is 23.9 Å². The van der Waals surface area contributed by atoms with Crippen LogP contribution in [0.3, 0.4) is 0 Å². The van der Waals surface area contributed by atoms with Gasteiger partial charge in [-0.25, -0.2) is 4.39 Å². The van der Waals surface area contributed by atoms with E-state index in [9.17, 15) is 4.39 Å². The van der Waals surface area contributed by atoms with E-state index in [-0.39, 0.29) is 5.82 Å². The average molecular weight is 239 g/mol. The molecule has 0 unspecified atom stereocenters. The van der Waals surface area contributed by atoms with E-state index >= 15 is 0 Å². The van der Waals surface area contributed by atoms with Crippen molar-refractivity contribution in [2.45, 2.75) is 30.6 Å². The summed E-state index contributed by atoms with van der Waals surface area (Å²) in [5, 5.41) is 3.47. The molecular formula is C13H18FNS. The number of hydrogen-bond acceptors (Lipinski definition) is 2. The van der Waals surface area contributed by atoms with Gasteiger partial charge in [-0.3, -0.25) is 0 Å². The molecular weight excluding hydrogens is 221 g/mol. The number of rotatable bonds is 5. The van der Waals surface area contributed by atoms with Crippen molar-refractivity contribution >= 4 is 11.8 Å². The maximum absolute atomic E-state index is 12.7. The summed E-state index contributed by atoms with van der Waals surface area (Å²) in [5.74, 6) is -0.164.